The van der Waals surface area contributed by atoms with Gasteiger partial charge in [0.2, 0.25) is 0 Å². The number of hydrogen-bond acceptors (Lipinski definition) is 6. The Morgan fingerprint density at radius 3 is 2.48 bits per heavy atom. The van der Waals surface area contributed by atoms with Crippen LogP contribution in [-0.4, -0.2) is 34.6 Å². The molecule has 0 aliphatic heterocycles. The van der Waals surface area contributed by atoms with Crippen molar-refractivity contribution in [3.05, 3.63) is 60.4 Å². The molecule has 0 radical (unpaired) electrons. The molecule has 4 aromatic rings. The smallest absolute Gasteiger partial charge is 0.362 e. The van der Waals surface area contributed by atoms with Gasteiger partial charge in [0.05, 0.1) is 5.69 Å². The van der Waals surface area contributed by atoms with Crippen molar-refractivity contribution in [2.75, 3.05) is 5.32 Å². The first kappa shape index (κ1) is 16.9. The van der Waals surface area contributed by atoms with Gasteiger partial charge in [0.1, 0.15) is 18.5 Å². The van der Waals surface area contributed by atoms with Crippen molar-refractivity contribution in [2.24, 2.45) is 0 Å². The summed E-state index contributed by atoms with van der Waals surface area (Å²) in [5, 5.41) is 17.8. The minimum absolute atomic E-state index is 0.0257. The lowest BCUT2D eigenvalue weighted by molar-refractivity contribution is -0.146. The highest BCUT2D eigenvalue weighted by molar-refractivity contribution is 5.46. The number of nitrogens with zero attached hydrogens (tertiary/aromatic N) is 7. The number of hydrogen-bond donors (Lipinski definition) is 1. The van der Waals surface area contributed by atoms with Gasteiger partial charge in [0, 0.05) is 6.04 Å². The molecule has 11 heteroatoms. The predicted octanol–water partition coefficient (Wildman–Crippen LogP) is 2.90. The maximum Gasteiger partial charge on any atom is 0.453 e. The summed E-state index contributed by atoms with van der Waals surface area (Å²) in [6.45, 7) is 1.88. The summed E-state index contributed by atoms with van der Waals surface area (Å²) in [4.78, 5) is 3.90. The minimum atomic E-state index is -4.63. The van der Waals surface area contributed by atoms with Crippen LogP contribution in [0.3, 0.4) is 0 Å². The van der Waals surface area contributed by atoms with E-state index in [1.807, 2.05) is 31.2 Å². The van der Waals surface area contributed by atoms with E-state index in [-0.39, 0.29) is 17.5 Å². The van der Waals surface area contributed by atoms with E-state index in [0.29, 0.717) is 4.52 Å². The summed E-state index contributed by atoms with van der Waals surface area (Å²) in [5.41, 5.74) is 1.81. The Morgan fingerprint density at radius 2 is 1.81 bits per heavy atom. The zero-order valence-electron chi connectivity index (χ0n) is 14.0. The van der Waals surface area contributed by atoms with Crippen LogP contribution in [0.25, 0.3) is 11.3 Å². The largest absolute Gasteiger partial charge is 0.453 e. The number of rotatable bonds is 4. The topological polar surface area (TPSA) is 85.8 Å². The van der Waals surface area contributed by atoms with E-state index in [2.05, 4.69) is 30.7 Å². The fourth-order valence-electron chi connectivity index (χ4n) is 2.61. The number of fused-ring (bicyclic) bond motifs is 1. The molecule has 8 nitrogen and oxygen atoms in total. The molecule has 0 unspecified atom stereocenters. The van der Waals surface area contributed by atoms with Gasteiger partial charge in [-0.3, -0.25) is 0 Å². The third kappa shape index (κ3) is 3.30. The van der Waals surface area contributed by atoms with Gasteiger partial charge in [-0.25, -0.2) is 9.67 Å². The summed E-state index contributed by atoms with van der Waals surface area (Å²) >= 11 is 0. The van der Waals surface area contributed by atoms with Crippen LogP contribution in [0.1, 0.15) is 24.4 Å². The van der Waals surface area contributed by atoms with E-state index in [9.17, 15) is 13.2 Å². The zero-order valence-corrected chi connectivity index (χ0v) is 14.0. The van der Waals surface area contributed by atoms with Crippen molar-refractivity contribution >= 4 is 11.5 Å². The minimum Gasteiger partial charge on any atom is -0.362 e. The van der Waals surface area contributed by atoms with Gasteiger partial charge in [0.15, 0.2) is 5.65 Å². The first-order valence-electron chi connectivity index (χ1n) is 7.93. The lowest BCUT2D eigenvalue weighted by Crippen LogP contribution is -2.14. The second kappa shape index (κ2) is 6.34. The second-order valence-electron chi connectivity index (χ2n) is 5.81. The lowest BCUT2D eigenvalue weighted by atomic mass is 10.1. The molecular formula is C16H13F3N8. The highest BCUT2D eigenvalue weighted by Crippen LogP contribution is 2.28. The van der Waals surface area contributed by atoms with Crippen molar-refractivity contribution in [3.8, 4) is 5.69 Å². The van der Waals surface area contributed by atoms with Gasteiger partial charge < -0.3 is 5.32 Å². The van der Waals surface area contributed by atoms with Crippen molar-refractivity contribution in [1.82, 2.24) is 34.6 Å². The number of nitrogens with one attached hydrogen (secondary N) is 1. The lowest BCUT2D eigenvalue weighted by Gasteiger charge is -2.15. The van der Waals surface area contributed by atoms with Crippen LogP contribution in [0.15, 0.2) is 49.1 Å². The molecule has 4 rings (SSSR count). The highest BCUT2D eigenvalue weighted by atomic mass is 19.4. The Morgan fingerprint density at radius 1 is 1.04 bits per heavy atom. The van der Waals surface area contributed by atoms with Crippen LogP contribution in [0.5, 0.6) is 0 Å². The average molecular weight is 374 g/mol. The standard InChI is InChI=1S/C16H13F3N8/c1-10(11-2-4-12(5-3-11)26-9-20-8-21-26)22-13-6-7-14-23-24-15(16(17,18)19)27(14)25-13/h2-10H,1H3,(H,22,25)/t10-/m0/s1. The molecule has 0 spiro atoms. The van der Waals surface area contributed by atoms with Crippen LogP contribution in [0, 0.1) is 0 Å². The van der Waals surface area contributed by atoms with E-state index < -0.39 is 12.0 Å². The van der Waals surface area contributed by atoms with Crippen LogP contribution < -0.4 is 5.32 Å². The van der Waals surface area contributed by atoms with Crippen LogP contribution in [-0.2, 0) is 6.18 Å². The van der Waals surface area contributed by atoms with E-state index in [4.69, 9.17) is 0 Å². The summed E-state index contributed by atoms with van der Waals surface area (Å²) in [7, 11) is 0. The molecular weight excluding hydrogens is 361 g/mol. The zero-order chi connectivity index (χ0) is 19.0. The molecule has 0 aliphatic rings. The molecule has 27 heavy (non-hydrogen) atoms. The highest BCUT2D eigenvalue weighted by Gasteiger charge is 2.37. The summed E-state index contributed by atoms with van der Waals surface area (Å²) in [6, 6.07) is 10.3. The monoisotopic (exact) mass is 374 g/mol. The molecule has 0 aliphatic carbocycles. The molecule has 0 amide bonds. The Hall–Kier alpha value is -3.50. The number of aromatic nitrogens is 7. The van der Waals surface area contributed by atoms with Crippen molar-refractivity contribution in [1.29, 1.82) is 0 Å². The number of alkyl halides is 3. The van der Waals surface area contributed by atoms with Crippen molar-refractivity contribution < 1.29 is 13.2 Å². The van der Waals surface area contributed by atoms with Gasteiger partial charge in [-0.05, 0) is 36.8 Å². The van der Waals surface area contributed by atoms with E-state index in [1.165, 1.54) is 12.4 Å². The molecule has 3 aromatic heterocycles. The molecule has 1 aromatic carbocycles. The van der Waals surface area contributed by atoms with E-state index in [1.54, 1.807) is 17.1 Å². The maximum atomic E-state index is 13.0. The molecule has 1 atom stereocenters. The Balaban J connectivity index is 1.56. The summed E-state index contributed by atoms with van der Waals surface area (Å²) < 4.78 is 41.2. The number of anilines is 1. The van der Waals surface area contributed by atoms with Crippen LogP contribution >= 0.6 is 0 Å². The fraction of sp³-hybridized carbons (Fsp3) is 0.188. The first-order chi connectivity index (χ1) is 12.9. The molecule has 0 fully saturated rings. The SMILES string of the molecule is C[C@H](Nc1ccc2nnc(C(F)(F)F)n2n1)c1ccc(-n2cncn2)cc1. The van der Waals surface area contributed by atoms with Gasteiger partial charge in [-0.1, -0.05) is 12.1 Å². The van der Waals surface area contributed by atoms with Gasteiger partial charge in [-0.2, -0.15) is 22.8 Å². The Bertz CT molecular complexity index is 1050. The van der Waals surface area contributed by atoms with Crippen molar-refractivity contribution in [2.45, 2.75) is 19.1 Å². The molecule has 0 saturated carbocycles. The van der Waals surface area contributed by atoms with Crippen molar-refractivity contribution in [3.63, 3.8) is 0 Å². The quantitative estimate of drug-likeness (QED) is 0.591. The van der Waals surface area contributed by atoms with Gasteiger partial charge in [-0.15, -0.1) is 15.3 Å². The normalized spacial score (nSPS) is 13.0. The Labute approximate surface area is 150 Å². The molecule has 0 saturated heterocycles. The molecule has 3 heterocycles. The van der Waals surface area contributed by atoms with Crippen LogP contribution in [0.4, 0.5) is 19.0 Å². The van der Waals surface area contributed by atoms with E-state index >= 15 is 0 Å². The van der Waals surface area contributed by atoms with Crippen LogP contribution in [0.2, 0.25) is 0 Å². The molecule has 0 bridgehead atoms. The number of halogens is 3. The van der Waals surface area contributed by atoms with Gasteiger partial charge in [0.25, 0.3) is 5.82 Å². The fourth-order valence-corrected chi connectivity index (χ4v) is 2.61. The summed E-state index contributed by atoms with van der Waals surface area (Å²) in [5.74, 6) is -0.883. The third-order valence-electron chi connectivity index (χ3n) is 3.96. The van der Waals surface area contributed by atoms with Gasteiger partial charge >= 0.3 is 6.18 Å². The third-order valence-corrected chi connectivity index (χ3v) is 3.96. The van der Waals surface area contributed by atoms with E-state index in [0.717, 1.165) is 11.3 Å². The number of benzene rings is 1. The Kier molecular flexibility index (Phi) is 3.98. The second-order valence-corrected chi connectivity index (χ2v) is 5.81. The first-order valence-corrected chi connectivity index (χ1v) is 7.93. The molecule has 138 valence electrons. The summed E-state index contributed by atoms with van der Waals surface area (Å²) in [6.07, 6.45) is -1.60. The maximum absolute atomic E-state index is 13.0. The molecule has 1 N–H and O–H groups in total. The average Bonchev–Trinajstić information content (AvgIpc) is 3.31. The predicted molar refractivity (Wildman–Crippen MR) is 89.2 cm³/mol.